The first-order chi connectivity index (χ1) is 6.94. The highest BCUT2D eigenvalue weighted by Crippen LogP contribution is 2.20. The van der Waals surface area contributed by atoms with Gasteiger partial charge >= 0.3 is 6.98 Å². The first kappa shape index (κ1) is 11.4. The van der Waals surface area contributed by atoms with Crippen molar-refractivity contribution in [2.75, 3.05) is 18.4 Å². The molecule has 1 aromatic carbocycles. The lowest BCUT2D eigenvalue weighted by atomic mass is 9.91. The van der Waals surface area contributed by atoms with Crippen molar-refractivity contribution in [3.8, 4) is 6.07 Å². The Morgan fingerprint density at radius 3 is 2.47 bits per heavy atom. The molecular weight excluding hydrogens is 204 g/mol. The molecule has 0 saturated heterocycles. The first-order valence-electron chi connectivity index (χ1n) is 4.35. The monoisotopic (exact) mass is 213 g/mol. The summed E-state index contributed by atoms with van der Waals surface area (Å²) in [5.74, 6) is 0. The summed E-state index contributed by atoms with van der Waals surface area (Å²) in [6.45, 7) is -4.88. The van der Waals surface area contributed by atoms with E-state index in [9.17, 15) is 12.9 Å². The molecule has 0 heterocycles. The predicted octanol–water partition coefficient (Wildman–Crippen LogP) is 2.38. The minimum Gasteiger partial charge on any atom is -0.448 e. The number of rotatable bonds is 3. The van der Waals surface area contributed by atoms with Crippen LogP contribution in [0.2, 0.25) is 0 Å². The van der Waals surface area contributed by atoms with Gasteiger partial charge in [-0.2, -0.15) is 5.26 Å². The van der Waals surface area contributed by atoms with Crippen LogP contribution in [0, 0.1) is 11.3 Å². The van der Waals surface area contributed by atoms with Crippen LogP contribution >= 0.6 is 0 Å². The maximum atomic E-state index is 12.2. The molecule has 0 aromatic heterocycles. The van der Waals surface area contributed by atoms with E-state index in [2.05, 4.69) is 0 Å². The van der Waals surface area contributed by atoms with Gasteiger partial charge in [0.1, 0.15) is 6.07 Å². The van der Waals surface area contributed by atoms with E-state index in [-0.39, 0.29) is 5.56 Å². The van der Waals surface area contributed by atoms with Crippen molar-refractivity contribution in [2.45, 2.75) is 0 Å². The molecule has 0 radical (unpaired) electrons. The van der Waals surface area contributed by atoms with Crippen LogP contribution in [0.1, 0.15) is 5.56 Å². The van der Waals surface area contributed by atoms with E-state index in [1.807, 2.05) is 6.07 Å². The zero-order valence-electron chi connectivity index (χ0n) is 8.12. The summed E-state index contributed by atoms with van der Waals surface area (Å²) in [6, 6.07) is 8.08. The molecule has 2 nitrogen and oxygen atoms in total. The standard InChI is InChI=1S/C9H9BF3N2/c1-15(7-10(11,12)13)9-5-3-2-4-8(9)6-14/h2-5H,7H2,1H3/q-1. The molecule has 0 aliphatic rings. The second-order valence-corrected chi connectivity index (χ2v) is 3.22. The van der Waals surface area contributed by atoms with Crippen molar-refractivity contribution < 1.29 is 12.9 Å². The molecule has 1 aromatic rings. The SMILES string of the molecule is CN(C[B-](F)(F)F)c1ccccc1C#N. The number of halogens is 3. The van der Waals surface area contributed by atoms with Crippen molar-refractivity contribution in [1.29, 1.82) is 5.26 Å². The van der Waals surface area contributed by atoms with Crippen LogP contribution in [0.5, 0.6) is 0 Å². The number of hydrogen-bond acceptors (Lipinski definition) is 2. The Morgan fingerprint density at radius 1 is 1.33 bits per heavy atom. The largest absolute Gasteiger partial charge is 0.497 e. The normalized spacial score (nSPS) is 10.9. The molecule has 0 bridgehead atoms. The molecule has 0 amide bonds. The third-order valence-electron chi connectivity index (χ3n) is 1.92. The van der Waals surface area contributed by atoms with Crippen molar-refractivity contribution in [3.63, 3.8) is 0 Å². The van der Waals surface area contributed by atoms with E-state index < -0.39 is 13.4 Å². The van der Waals surface area contributed by atoms with E-state index in [4.69, 9.17) is 5.26 Å². The van der Waals surface area contributed by atoms with Gasteiger partial charge in [0.15, 0.2) is 0 Å². The van der Waals surface area contributed by atoms with Crippen LogP contribution in [-0.2, 0) is 0 Å². The molecule has 6 heteroatoms. The summed E-state index contributed by atoms with van der Waals surface area (Å²) in [5.41, 5.74) is 0.555. The van der Waals surface area contributed by atoms with Crippen molar-refractivity contribution in [1.82, 2.24) is 0 Å². The zero-order valence-corrected chi connectivity index (χ0v) is 8.12. The Kier molecular flexibility index (Phi) is 3.25. The van der Waals surface area contributed by atoms with Gasteiger partial charge in [-0.25, -0.2) is 0 Å². The van der Waals surface area contributed by atoms with E-state index in [0.717, 1.165) is 4.90 Å². The fraction of sp³-hybridized carbons (Fsp3) is 0.222. The van der Waals surface area contributed by atoms with Crippen molar-refractivity contribution in [2.24, 2.45) is 0 Å². The predicted molar refractivity (Wildman–Crippen MR) is 53.5 cm³/mol. The third kappa shape index (κ3) is 3.20. The molecule has 0 atom stereocenters. The summed E-state index contributed by atoms with van der Waals surface area (Å²) in [6.07, 6.45) is -1.00. The summed E-state index contributed by atoms with van der Waals surface area (Å²) < 4.78 is 36.5. The van der Waals surface area contributed by atoms with Gasteiger partial charge in [0.25, 0.3) is 0 Å². The van der Waals surface area contributed by atoms with Crippen LogP contribution in [0.4, 0.5) is 18.6 Å². The number of benzene rings is 1. The highest BCUT2D eigenvalue weighted by atomic mass is 19.4. The number of anilines is 1. The topological polar surface area (TPSA) is 27.0 Å². The summed E-state index contributed by atoms with van der Waals surface area (Å²) >= 11 is 0. The van der Waals surface area contributed by atoms with Gasteiger partial charge in [0, 0.05) is 7.05 Å². The molecule has 0 fully saturated rings. The second kappa shape index (κ2) is 4.26. The average Bonchev–Trinajstić information content (AvgIpc) is 2.15. The molecule has 0 N–H and O–H groups in total. The highest BCUT2D eigenvalue weighted by Gasteiger charge is 2.25. The van der Waals surface area contributed by atoms with Crippen LogP contribution in [-0.4, -0.2) is 20.5 Å². The van der Waals surface area contributed by atoms with Gasteiger partial charge in [-0.3, -0.25) is 0 Å². The fourth-order valence-electron chi connectivity index (χ4n) is 1.31. The quantitative estimate of drug-likeness (QED) is 0.720. The molecule has 0 saturated carbocycles. The van der Waals surface area contributed by atoms with Gasteiger partial charge in [-0.15, -0.1) is 0 Å². The summed E-state index contributed by atoms with van der Waals surface area (Å²) in [5, 5.41) is 8.71. The zero-order chi connectivity index (χ0) is 11.5. The van der Waals surface area contributed by atoms with E-state index in [0.29, 0.717) is 5.69 Å². The summed E-state index contributed by atoms with van der Waals surface area (Å²) in [4.78, 5) is 1.04. The Labute approximate surface area is 86.0 Å². The number of nitriles is 1. The highest BCUT2D eigenvalue weighted by molar-refractivity contribution is 6.59. The van der Waals surface area contributed by atoms with Crippen LogP contribution < -0.4 is 4.90 Å². The maximum absolute atomic E-state index is 12.2. The van der Waals surface area contributed by atoms with Gasteiger partial charge in [0.2, 0.25) is 0 Å². The smallest absolute Gasteiger partial charge is 0.448 e. The number of para-hydroxylation sites is 1. The Hall–Kier alpha value is -1.64. The first-order valence-corrected chi connectivity index (χ1v) is 4.35. The van der Waals surface area contributed by atoms with Gasteiger partial charge in [0.05, 0.1) is 11.3 Å². The van der Waals surface area contributed by atoms with E-state index in [1.54, 1.807) is 12.1 Å². The molecular formula is C9H9BF3N2-. The molecule has 0 aliphatic carbocycles. The van der Waals surface area contributed by atoms with Crippen molar-refractivity contribution in [3.05, 3.63) is 29.8 Å². The lowest BCUT2D eigenvalue weighted by Gasteiger charge is -2.26. The molecule has 0 aliphatic heterocycles. The lowest BCUT2D eigenvalue weighted by molar-refractivity contribution is 0.470. The maximum Gasteiger partial charge on any atom is 0.497 e. The van der Waals surface area contributed by atoms with E-state index in [1.165, 1.54) is 19.2 Å². The minimum absolute atomic E-state index is 0.250. The van der Waals surface area contributed by atoms with Gasteiger partial charge in [-0.05, 0) is 18.6 Å². The van der Waals surface area contributed by atoms with Crippen LogP contribution in [0.25, 0.3) is 0 Å². The number of nitrogens with zero attached hydrogens (tertiary/aromatic N) is 2. The second-order valence-electron chi connectivity index (χ2n) is 3.22. The Morgan fingerprint density at radius 2 is 1.93 bits per heavy atom. The lowest BCUT2D eigenvalue weighted by Crippen LogP contribution is -2.35. The molecule has 15 heavy (non-hydrogen) atoms. The molecule has 0 unspecified atom stereocenters. The molecule has 1 rings (SSSR count). The van der Waals surface area contributed by atoms with Gasteiger partial charge in [-0.1, -0.05) is 12.1 Å². The summed E-state index contributed by atoms with van der Waals surface area (Å²) in [7, 11) is 1.32. The Balaban J connectivity index is 2.92. The van der Waals surface area contributed by atoms with E-state index >= 15 is 0 Å². The molecule has 0 spiro atoms. The third-order valence-corrected chi connectivity index (χ3v) is 1.92. The molecule has 80 valence electrons. The van der Waals surface area contributed by atoms with Gasteiger partial charge < -0.3 is 17.8 Å². The minimum atomic E-state index is -4.88. The van der Waals surface area contributed by atoms with Crippen LogP contribution in [0.15, 0.2) is 24.3 Å². The van der Waals surface area contributed by atoms with Crippen LogP contribution in [0.3, 0.4) is 0 Å². The number of hydrogen-bond donors (Lipinski definition) is 0. The average molecular weight is 213 g/mol. The van der Waals surface area contributed by atoms with Crippen molar-refractivity contribution >= 4 is 12.7 Å². The Bertz CT molecular complexity index is 384. The fourth-order valence-corrected chi connectivity index (χ4v) is 1.31.